The van der Waals surface area contributed by atoms with E-state index >= 15 is 0 Å². The number of unbranched alkanes of at least 4 members (excludes halogenated alkanes) is 2. The Balaban J connectivity index is 1.62. The van der Waals surface area contributed by atoms with Crippen LogP contribution in [0.25, 0.3) is 11.1 Å². The van der Waals surface area contributed by atoms with Crippen molar-refractivity contribution < 1.29 is 0 Å². The Labute approximate surface area is 176 Å². The minimum atomic E-state index is 1.01. The van der Waals surface area contributed by atoms with Crippen LogP contribution in [0.5, 0.6) is 0 Å². The van der Waals surface area contributed by atoms with Gasteiger partial charge in [0.1, 0.15) is 0 Å². The lowest BCUT2D eigenvalue weighted by atomic mass is 10.0. The third-order valence-electron chi connectivity index (χ3n) is 5.18. The Morgan fingerprint density at radius 3 is 1.69 bits per heavy atom. The summed E-state index contributed by atoms with van der Waals surface area (Å²) in [6.07, 6.45) is 9.05. The summed E-state index contributed by atoms with van der Waals surface area (Å²) in [4.78, 5) is 0. The first-order valence-electron chi connectivity index (χ1n) is 10.7. The highest BCUT2D eigenvalue weighted by Crippen LogP contribution is 2.21. The van der Waals surface area contributed by atoms with Gasteiger partial charge in [-0.1, -0.05) is 86.2 Å². The van der Waals surface area contributed by atoms with Crippen LogP contribution in [-0.4, -0.2) is 0 Å². The Morgan fingerprint density at radius 1 is 0.655 bits per heavy atom. The van der Waals surface area contributed by atoms with E-state index in [0.29, 0.717) is 0 Å². The van der Waals surface area contributed by atoms with Crippen LogP contribution in [0.1, 0.15) is 54.9 Å². The van der Waals surface area contributed by atoms with E-state index in [0.717, 1.165) is 24.0 Å². The molecule has 0 nitrogen and oxygen atoms in total. The van der Waals surface area contributed by atoms with Crippen LogP contribution in [0.2, 0.25) is 0 Å². The molecule has 0 spiro atoms. The lowest BCUT2D eigenvalue weighted by Crippen LogP contribution is -1.86. The molecular formula is C29H30. The fraction of sp³-hybridized carbons (Fsp3) is 0.241. The molecule has 3 rings (SSSR count). The van der Waals surface area contributed by atoms with Crippen molar-refractivity contribution in [3.8, 4) is 23.0 Å². The average molecular weight is 379 g/mol. The van der Waals surface area contributed by atoms with Crippen LogP contribution in [-0.2, 0) is 12.8 Å². The van der Waals surface area contributed by atoms with Crippen molar-refractivity contribution in [1.29, 1.82) is 0 Å². The first kappa shape index (κ1) is 20.7. The maximum absolute atomic E-state index is 3.78. The third kappa shape index (κ3) is 6.51. The topological polar surface area (TPSA) is 0 Å². The average Bonchev–Trinajstić information content (AvgIpc) is 2.78. The summed E-state index contributed by atoms with van der Waals surface area (Å²) in [5.41, 5.74) is 7.35. The van der Waals surface area contributed by atoms with Gasteiger partial charge in [-0.2, -0.15) is 0 Å². The molecule has 29 heavy (non-hydrogen) atoms. The number of hydrogen-bond donors (Lipinski definition) is 0. The maximum Gasteiger partial charge on any atom is 0.0249 e. The Morgan fingerprint density at radius 2 is 1.14 bits per heavy atom. The molecule has 0 N–H and O–H groups in total. The van der Waals surface area contributed by atoms with Crippen molar-refractivity contribution in [2.45, 2.75) is 45.4 Å². The molecule has 0 heterocycles. The quantitative estimate of drug-likeness (QED) is 0.215. The summed E-state index contributed by atoms with van der Waals surface area (Å²) < 4.78 is 0. The van der Waals surface area contributed by atoms with Gasteiger partial charge in [-0.25, -0.2) is 0 Å². The van der Waals surface area contributed by atoms with Gasteiger partial charge in [0.2, 0.25) is 0 Å². The largest absolute Gasteiger partial charge is 0.103 e. The second-order valence-electron chi connectivity index (χ2n) is 7.51. The molecule has 0 unspecified atom stereocenters. The lowest BCUT2D eigenvalue weighted by Gasteiger charge is -2.05. The van der Waals surface area contributed by atoms with Crippen molar-refractivity contribution in [1.82, 2.24) is 0 Å². The predicted molar refractivity (Wildman–Crippen MR) is 126 cm³/mol. The normalized spacial score (nSPS) is 10.2. The van der Waals surface area contributed by atoms with E-state index in [9.17, 15) is 0 Å². The van der Waals surface area contributed by atoms with E-state index in [1.165, 1.54) is 47.9 Å². The number of allylic oxidation sites excluding steroid dienone is 1. The Bertz CT molecular complexity index is 946. The first-order chi connectivity index (χ1) is 14.3. The maximum atomic E-state index is 3.78. The molecular weight excluding hydrogens is 348 g/mol. The predicted octanol–water partition coefficient (Wildman–Crippen LogP) is 7.60. The monoisotopic (exact) mass is 378 g/mol. The van der Waals surface area contributed by atoms with Gasteiger partial charge in [0.15, 0.2) is 0 Å². The van der Waals surface area contributed by atoms with Crippen LogP contribution >= 0.6 is 0 Å². The number of rotatable bonds is 8. The lowest BCUT2D eigenvalue weighted by molar-refractivity contribution is 0.717. The highest BCUT2D eigenvalue weighted by atomic mass is 14.0. The zero-order valence-corrected chi connectivity index (χ0v) is 17.5. The van der Waals surface area contributed by atoms with E-state index in [4.69, 9.17) is 0 Å². The number of benzene rings is 3. The van der Waals surface area contributed by atoms with Crippen molar-refractivity contribution in [2.75, 3.05) is 0 Å². The molecule has 0 aliphatic carbocycles. The van der Waals surface area contributed by atoms with Gasteiger partial charge in [0, 0.05) is 11.1 Å². The second kappa shape index (κ2) is 11.1. The van der Waals surface area contributed by atoms with Gasteiger partial charge >= 0.3 is 0 Å². The van der Waals surface area contributed by atoms with E-state index in [-0.39, 0.29) is 0 Å². The van der Waals surface area contributed by atoms with E-state index < -0.39 is 0 Å². The summed E-state index contributed by atoms with van der Waals surface area (Å²) in [5.74, 6) is 6.54. The van der Waals surface area contributed by atoms with Gasteiger partial charge in [0.25, 0.3) is 0 Å². The highest BCUT2D eigenvalue weighted by Gasteiger charge is 1.99. The van der Waals surface area contributed by atoms with Crippen LogP contribution in [0, 0.1) is 11.8 Å². The van der Waals surface area contributed by atoms with E-state index in [1.54, 1.807) is 0 Å². The molecule has 0 heteroatoms. The van der Waals surface area contributed by atoms with Crippen LogP contribution in [0.3, 0.4) is 0 Å². The SMILES string of the molecule is C=CCCc1ccc(C#Cc2ccc(-c3ccc(CCCCC)cc3)cc2)cc1. The van der Waals surface area contributed by atoms with Crippen molar-refractivity contribution >= 4 is 0 Å². The van der Waals surface area contributed by atoms with E-state index in [2.05, 4.69) is 98.1 Å². The van der Waals surface area contributed by atoms with Gasteiger partial charge in [0.05, 0.1) is 0 Å². The highest BCUT2D eigenvalue weighted by molar-refractivity contribution is 5.64. The fourth-order valence-corrected chi connectivity index (χ4v) is 3.36. The summed E-state index contributed by atoms with van der Waals surface area (Å²) in [7, 11) is 0. The minimum absolute atomic E-state index is 1.01. The van der Waals surface area contributed by atoms with Gasteiger partial charge < -0.3 is 0 Å². The van der Waals surface area contributed by atoms with Gasteiger partial charge in [-0.3, -0.25) is 0 Å². The molecule has 0 amide bonds. The zero-order chi connectivity index (χ0) is 20.3. The summed E-state index contributed by atoms with van der Waals surface area (Å²) in [6, 6.07) is 26.0. The molecule has 0 radical (unpaired) electrons. The van der Waals surface area contributed by atoms with Crippen molar-refractivity contribution in [3.05, 3.63) is 108 Å². The standard InChI is InChI=1S/C29H30/c1-3-5-7-9-25-16-20-28(21-17-25)29-22-18-27(19-23-29)15-14-26-12-10-24(11-13-26)8-6-4-2/h4,10-13,16-23H,2-3,5-9H2,1H3. The molecule has 0 aliphatic heterocycles. The summed E-state index contributed by atoms with van der Waals surface area (Å²) >= 11 is 0. The van der Waals surface area contributed by atoms with Gasteiger partial charge in [-0.15, -0.1) is 6.58 Å². The first-order valence-corrected chi connectivity index (χ1v) is 10.7. The molecule has 0 bridgehead atoms. The smallest absolute Gasteiger partial charge is 0.0249 e. The third-order valence-corrected chi connectivity index (χ3v) is 5.18. The van der Waals surface area contributed by atoms with Crippen LogP contribution < -0.4 is 0 Å². The zero-order valence-electron chi connectivity index (χ0n) is 17.5. The summed E-state index contributed by atoms with van der Waals surface area (Å²) in [5, 5.41) is 0. The van der Waals surface area contributed by atoms with Crippen molar-refractivity contribution in [3.63, 3.8) is 0 Å². The second-order valence-corrected chi connectivity index (χ2v) is 7.51. The molecule has 0 fully saturated rings. The Kier molecular flexibility index (Phi) is 7.90. The number of aryl methyl sites for hydroxylation is 2. The molecule has 3 aromatic carbocycles. The van der Waals surface area contributed by atoms with Gasteiger partial charge in [-0.05, 0) is 72.2 Å². The van der Waals surface area contributed by atoms with E-state index in [1.807, 2.05) is 6.08 Å². The molecule has 0 aromatic heterocycles. The van der Waals surface area contributed by atoms with Crippen LogP contribution in [0.4, 0.5) is 0 Å². The molecule has 0 aliphatic rings. The molecule has 0 saturated heterocycles. The Hall–Kier alpha value is -3.04. The van der Waals surface area contributed by atoms with Crippen molar-refractivity contribution in [2.24, 2.45) is 0 Å². The summed E-state index contributed by atoms with van der Waals surface area (Å²) in [6.45, 7) is 6.03. The molecule has 0 atom stereocenters. The minimum Gasteiger partial charge on any atom is -0.103 e. The number of hydrogen-bond acceptors (Lipinski definition) is 0. The molecule has 3 aromatic rings. The molecule has 0 saturated carbocycles. The van der Waals surface area contributed by atoms with Crippen LogP contribution in [0.15, 0.2) is 85.5 Å². The fourth-order valence-electron chi connectivity index (χ4n) is 3.36. The molecule has 146 valence electrons.